The summed E-state index contributed by atoms with van der Waals surface area (Å²) in [6, 6.07) is 8.82. The van der Waals surface area contributed by atoms with E-state index in [1.165, 1.54) is 55.5 Å². The van der Waals surface area contributed by atoms with Crippen LogP contribution in [0.1, 0.15) is 84.1 Å². The second-order valence-electron chi connectivity index (χ2n) is 8.05. The van der Waals surface area contributed by atoms with Gasteiger partial charge in [-0.15, -0.1) is 0 Å². The van der Waals surface area contributed by atoms with Crippen molar-refractivity contribution < 1.29 is 14.1 Å². The summed E-state index contributed by atoms with van der Waals surface area (Å²) in [7, 11) is 0. The van der Waals surface area contributed by atoms with Gasteiger partial charge in [0.2, 0.25) is 5.69 Å². The lowest BCUT2D eigenvalue weighted by Crippen LogP contribution is -2.26. The van der Waals surface area contributed by atoms with E-state index in [0.29, 0.717) is 6.42 Å². The Morgan fingerprint density at radius 1 is 1.04 bits per heavy atom. The minimum Gasteiger partial charge on any atom is -0.372 e. The van der Waals surface area contributed by atoms with Gasteiger partial charge in [-0.2, -0.15) is 4.58 Å². The van der Waals surface area contributed by atoms with Crippen molar-refractivity contribution in [2.75, 3.05) is 6.54 Å². The molecular weight excluding hydrogens is 334 g/mol. The molecule has 0 bridgehead atoms. The van der Waals surface area contributed by atoms with Gasteiger partial charge in [0, 0.05) is 31.4 Å². The van der Waals surface area contributed by atoms with Crippen LogP contribution in [0.25, 0.3) is 0 Å². The Morgan fingerprint density at radius 2 is 1.63 bits per heavy atom. The summed E-state index contributed by atoms with van der Waals surface area (Å²) in [5.41, 5.74) is 4.45. The lowest BCUT2D eigenvalue weighted by atomic mass is 9.82. The number of fused-ring (bicyclic) bond motifs is 1. The molecule has 146 valence electrons. The van der Waals surface area contributed by atoms with Gasteiger partial charge in [-0.3, -0.25) is 4.79 Å². The minimum absolute atomic E-state index is 0.142. The Balaban J connectivity index is 1.59. The molecule has 0 amide bonds. The van der Waals surface area contributed by atoms with Gasteiger partial charge in [0.25, 0.3) is 0 Å². The summed E-state index contributed by atoms with van der Waals surface area (Å²) in [5, 5.41) is 0. The molecule has 3 heteroatoms. The molecule has 0 saturated heterocycles. The third-order valence-electron chi connectivity index (χ3n) is 5.86. The standard InChI is InChI=1S/C24H34NO2/c1-5-27-23(26)18-12-10-8-6-7-9-11-15-19-25-20(2)24(3,4)21-16-13-14-17-22(21)25/h1,13-14,16-17H,6-12,15,18-19H2,2-4H3/q+1. The smallest absolute Gasteiger partial charge is 0.319 e. The fourth-order valence-corrected chi connectivity index (χ4v) is 3.96. The molecular formula is C24H34NO2+. The largest absolute Gasteiger partial charge is 0.372 e. The lowest BCUT2D eigenvalue weighted by molar-refractivity contribution is -0.439. The third kappa shape index (κ3) is 5.70. The Morgan fingerprint density at radius 3 is 2.30 bits per heavy atom. The number of terminal acetylenes is 1. The van der Waals surface area contributed by atoms with E-state index in [0.717, 1.165) is 19.4 Å². The van der Waals surface area contributed by atoms with E-state index >= 15 is 0 Å². The Kier molecular flexibility index (Phi) is 8.10. The first kappa shape index (κ1) is 21.2. The van der Waals surface area contributed by atoms with Crippen molar-refractivity contribution in [3.8, 4) is 12.5 Å². The number of esters is 1. The van der Waals surface area contributed by atoms with Gasteiger partial charge in [0.05, 0.1) is 5.41 Å². The van der Waals surface area contributed by atoms with Crippen LogP contribution >= 0.6 is 0 Å². The summed E-state index contributed by atoms with van der Waals surface area (Å²) in [6.45, 7) is 8.05. The zero-order valence-corrected chi connectivity index (χ0v) is 17.2. The first-order valence-corrected chi connectivity index (χ1v) is 10.3. The average molecular weight is 369 g/mol. The van der Waals surface area contributed by atoms with Crippen LogP contribution in [-0.4, -0.2) is 22.8 Å². The van der Waals surface area contributed by atoms with Crippen molar-refractivity contribution in [2.45, 2.75) is 84.0 Å². The lowest BCUT2D eigenvalue weighted by Gasteiger charge is -2.14. The van der Waals surface area contributed by atoms with Crippen molar-refractivity contribution in [2.24, 2.45) is 0 Å². The predicted octanol–water partition coefficient (Wildman–Crippen LogP) is 5.73. The molecule has 1 aromatic carbocycles. The highest BCUT2D eigenvalue weighted by molar-refractivity contribution is 5.93. The van der Waals surface area contributed by atoms with Crippen LogP contribution in [0.15, 0.2) is 24.3 Å². The van der Waals surface area contributed by atoms with Crippen LogP contribution in [0.2, 0.25) is 0 Å². The molecule has 1 heterocycles. The zero-order chi connectivity index (χ0) is 19.7. The van der Waals surface area contributed by atoms with Gasteiger partial charge in [0.15, 0.2) is 5.71 Å². The van der Waals surface area contributed by atoms with Crippen LogP contribution < -0.4 is 0 Å². The number of hydrogen-bond acceptors (Lipinski definition) is 2. The van der Waals surface area contributed by atoms with Gasteiger partial charge in [-0.05, 0) is 26.7 Å². The number of unbranched alkanes of at least 4 members (excludes halogenated alkanes) is 7. The monoisotopic (exact) mass is 368 g/mol. The second kappa shape index (κ2) is 10.3. The number of benzene rings is 1. The van der Waals surface area contributed by atoms with Crippen molar-refractivity contribution in [1.29, 1.82) is 0 Å². The number of ether oxygens (including phenoxy) is 1. The summed E-state index contributed by atoms with van der Waals surface area (Å²) in [6.07, 6.45) is 16.8. The van der Waals surface area contributed by atoms with Crippen molar-refractivity contribution in [3.05, 3.63) is 29.8 Å². The number of rotatable bonds is 11. The number of nitrogens with zero attached hydrogens (tertiary/aromatic N) is 1. The van der Waals surface area contributed by atoms with Crippen LogP contribution in [-0.2, 0) is 14.9 Å². The SMILES string of the molecule is C#COC(=O)CCCCCCCCCC[N+]1=C(C)C(C)(C)c2ccccc21. The van der Waals surface area contributed by atoms with E-state index in [1.54, 1.807) is 0 Å². The summed E-state index contributed by atoms with van der Waals surface area (Å²) >= 11 is 0. The van der Waals surface area contributed by atoms with Gasteiger partial charge >= 0.3 is 5.97 Å². The zero-order valence-electron chi connectivity index (χ0n) is 17.2. The molecule has 1 aromatic rings. The molecule has 0 atom stereocenters. The fraction of sp³-hybridized carbons (Fsp3) is 0.583. The summed E-state index contributed by atoms with van der Waals surface area (Å²) in [5.74, 6) is -0.281. The van der Waals surface area contributed by atoms with E-state index in [9.17, 15) is 4.79 Å². The quantitative estimate of drug-likeness (QED) is 0.216. The highest BCUT2D eigenvalue weighted by atomic mass is 16.5. The van der Waals surface area contributed by atoms with E-state index in [2.05, 4.69) is 54.3 Å². The number of carbonyl (C=O) groups excluding carboxylic acids is 1. The van der Waals surface area contributed by atoms with Crippen LogP contribution in [0, 0.1) is 12.5 Å². The molecule has 0 fully saturated rings. The van der Waals surface area contributed by atoms with Crippen molar-refractivity contribution in [1.82, 2.24) is 0 Å². The molecule has 27 heavy (non-hydrogen) atoms. The van der Waals surface area contributed by atoms with Crippen molar-refractivity contribution >= 4 is 17.4 Å². The third-order valence-corrected chi connectivity index (χ3v) is 5.86. The Labute approximate surface area is 164 Å². The van der Waals surface area contributed by atoms with Gasteiger partial charge in [-0.25, -0.2) is 0 Å². The first-order chi connectivity index (χ1) is 13.0. The Bertz CT molecular complexity index is 709. The van der Waals surface area contributed by atoms with Gasteiger partial charge < -0.3 is 4.74 Å². The van der Waals surface area contributed by atoms with Gasteiger partial charge in [0.1, 0.15) is 12.7 Å². The summed E-state index contributed by atoms with van der Waals surface area (Å²) in [4.78, 5) is 11.1. The molecule has 0 radical (unpaired) electrons. The van der Waals surface area contributed by atoms with E-state index in [1.807, 2.05) is 6.11 Å². The van der Waals surface area contributed by atoms with Crippen LogP contribution in [0.4, 0.5) is 5.69 Å². The van der Waals surface area contributed by atoms with E-state index in [4.69, 9.17) is 6.42 Å². The molecule has 0 saturated carbocycles. The van der Waals surface area contributed by atoms with Crippen LogP contribution in [0.3, 0.4) is 0 Å². The molecule has 0 aromatic heterocycles. The molecule has 0 spiro atoms. The van der Waals surface area contributed by atoms with E-state index < -0.39 is 0 Å². The van der Waals surface area contributed by atoms with Crippen LogP contribution in [0.5, 0.6) is 0 Å². The average Bonchev–Trinajstić information content (AvgIpc) is 2.84. The number of carbonyl (C=O) groups is 1. The molecule has 1 aliphatic heterocycles. The second-order valence-corrected chi connectivity index (χ2v) is 8.05. The molecule has 1 aliphatic rings. The number of hydrogen-bond donors (Lipinski definition) is 0. The molecule has 2 rings (SSSR count). The minimum atomic E-state index is -0.281. The maximum absolute atomic E-state index is 11.1. The molecule has 0 unspecified atom stereocenters. The highest BCUT2D eigenvalue weighted by Gasteiger charge is 2.42. The summed E-state index contributed by atoms with van der Waals surface area (Å²) < 4.78 is 7.00. The molecule has 0 aliphatic carbocycles. The fourth-order valence-electron chi connectivity index (χ4n) is 3.96. The van der Waals surface area contributed by atoms with Gasteiger partial charge in [-0.1, -0.05) is 56.7 Å². The molecule has 0 N–H and O–H groups in total. The molecule has 3 nitrogen and oxygen atoms in total. The normalized spacial score (nSPS) is 14.7. The van der Waals surface area contributed by atoms with Crippen molar-refractivity contribution in [3.63, 3.8) is 0 Å². The Hall–Kier alpha value is -2.08. The maximum atomic E-state index is 11.1. The highest BCUT2D eigenvalue weighted by Crippen LogP contribution is 2.39. The first-order valence-electron chi connectivity index (χ1n) is 10.3. The predicted molar refractivity (Wildman–Crippen MR) is 111 cm³/mol. The van der Waals surface area contributed by atoms with E-state index in [-0.39, 0.29) is 11.4 Å². The number of para-hydroxylation sites is 1. The maximum Gasteiger partial charge on any atom is 0.319 e. The topological polar surface area (TPSA) is 29.3 Å².